The van der Waals surface area contributed by atoms with Crippen LogP contribution in [0.25, 0.3) is 5.57 Å². The van der Waals surface area contributed by atoms with Crippen LogP contribution in [0.15, 0.2) is 48.6 Å². The zero-order valence-corrected chi connectivity index (χ0v) is 11.5. The van der Waals surface area contributed by atoms with Crippen molar-refractivity contribution in [1.82, 2.24) is 0 Å². The van der Waals surface area contributed by atoms with Crippen LogP contribution in [-0.4, -0.2) is 8.42 Å². The number of hydrogen-bond donors (Lipinski definition) is 0. The van der Waals surface area contributed by atoms with E-state index in [2.05, 4.69) is 62.4 Å². The van der Waals surface area contributed by atoms with Crippen molar-refractivity contribution in [3.63, 3.8) is 0 Å². The standard InChI is InChI=1S/C15H18.O2S/c1-12-8-10-15(11-9-13(12)2)14-6-4-3-5-7-14;1-3-2/h3-8,10-13H,9H2,1-2H3;/t12-,13-;/m1./s1. The van der Waals surface area contributed by atoms with Crippen molar-refractivity contribution in [1.29, 1.82) is 0 Å². The smallest absolute Gasteiger partial charge is 0.168 e. The van der Waals surface area contributed by atoms with Crippen LogP contribution < -0.4 is 0 Å². The minimum Gasteiger partial charge on any atom is -0.168 e. The van der Waals surface area contributed by atoms with Crippen LogP contribution >= 0.6 is 0 Å². The summed E-state index contributed by atoms with van der Waals surface area (Å²) in [6, 6.07) is 10.6. The fraction of sp³-hybridized carbons (Fsp3) is 0.333. The van der Waals surface area contributed by atoms with E-state index >= 15 is 0 Å². The second kappa shape index (κ2) is 7.77. The van der Waals surface area contributed by atoms with Gasteiger partial charge in [-0.1, -0.05) is 62.4 Å². The van der Waals surface area contributed by atoms with Crippen molar-refractivity contribution in [3.05, 3.63) is 54.1 Å². The van der Waals surface area contributed by atoms with E-state index in [0.29, 0.717) is 5.92 Å². The Morgan fingerprint density at radius 3 is 2.33 bits per heavy atom. The first-order chi connectivity index (χ1) is 8.69. The van der Waals surface area contributed by atoms with Gasteiger partial charge in [0.1, 0.15) is 0 Å². The van der Waals surface area contributed by atoms with Gasteiger partial charge < -0.3 is 0 Å². The Morgan fingerprint density at radius 1 is 1.11 bits per heavy atom. The molecule has 1 aromatic rings. The molecule has 0 spiro atoms. The number of hydrogen-bond acceptors (Lipinski definition) is 2. The maximum atomic E-state index is 8.29. The first-order valence-electron chi connectivity index (χ1n) is 6.04. The van der Waals surface area contributed by atoms with Gasteiger partial charge in [-0.05, 0) is 29.4 Å². The lowest BCUT2D eigenvalue weighted by molar-refractivity contribution is 0.468. The number of allylic oxidation sites excluding steroid dienone is 4. The zero-order chi connectivity index (χ0) is 13.4. The van der Waals surface area contributed by atoms with Crippen LogP contribution in [0.5, 0.6) is 0 Å². The Morgan fingerprint density at radius 2 is 1.72 bits per heavy atom. The lowest BCUT2D eigenvalue weighted by atomic mass is 9.94. The van der Waals surface area contributed by atoms with E-state index in [1.165, 1.54) is 17.6 Å². The molecule has 0 bridgehead atoms. The Balaban J connectivity index is 0.000000492. The second-order valence-electron chi connectivity index (χ2n) is 4.52. The lowest BCUT2D eigenvalue weighted by Crippen LogP contribution is -2.01. The largest absolute Gasteiger partial charge is 0.335 e. The molecule has 0 heterocycles. The fourth-order valence-corrected chi connectivity index (χ4v) is 1.89. The van der Waals surface area contributed by atoms with E-state index in [4.69, 9.17) is 8.42 Å². The fourth-order valence-electron chi connectivity index (χ4n) is 1.89. The van der Waals surface area contributed by atoms with E-state index in [9.17, 15) is 0 Å². The summed E-state index contributed by atoms with van der Waals surface area (Å²) < 4.78 is 16.6. The molecule has 1 aliphatic rings. The van der Waals surface area contributed by atoms with E-state index < -0.39 is 11.6 Å². The zero-order valence-electron chi connectivity index (χ0n) is 10.7. The van der Waals surface area contributed by atoms with E-state index in [-0.39, 0.29) is 0 Å². The molecule has 1 aromatic carbocycles. The van der Waals surface area contributed by atoms with Crippen molar-refractivity contribution < 1.29 is 8.42 Å². The van der Waals surface area contributed by atoms with Crippen LogP contribution in [0, 0.1) is 11.8 Å². The predicted octanol–water partition coefficient (Wildman–Crippen LogP) is 3.63. The average Bonchev–Trinajstić information content (AvgIpc) is 2.55. The molecule has 0 saturated heterocycles. The lowest BCUT2D eigenvalue weighted by Gasteiger charge is -2.11. The molecular weight excluding hydrogens is 244 g/mol. The highest BCUT2D eigenvalue weighted by Gasteiger charge is 2.11. The quantitative estimate of drug-likeness (QED) is 0.774. The summed E-state index contributed by atoms with van der Waals surface area (Å²) in [5.41, 5.74) is 2.70. The van der Waals surface area contributed by atoms with E-state index in [1.807, 2.05) is 0 Å². The van der Waals surface area contributed by atoms with Gasteiger partial charge in [-0.15, -0.1) is 0 Å². The molecule has 0 radical (unpaired) electrons. The van der Waals surface area contributed by atoms with Crippen LogP contribution in [0.2, 0.25) is 0 Å². The first kappa shape index (κ1) is 14.6. The average molecular weight is 262 g/mol. The molecule has 0 unspecified atom stereocenters. The number of rotatable bonds is 1. The molecule has 0 aromatic heterocycles. The third kappa shape index (κ3) is 4.41. The molecule has 0 fully saturated rings. The Kier molecular flexibility index (Phi) is 6.29. The molecule has 2 rings (SSSR count). The highest BCUT2D eigenvalue weighted by atomic mass is 32.1. The summed E-state index contributed by atoms with van der Waals surface area (Å²) in [6.07, 6.45) is 8.14. The van der Waals surface area contributed by atoms with Crippen LogP contribution in [0.4, 0.5) is 0 Å². The molecule has 0 aliphatic heterocycles. The summed E-state index contributed by atoms with van der Waals surface area (Å²) in [6.45, 7) is 4.61. The maximum Gasteiger partial charge on any atom is 0.335 e. The molecule has 3 heteroatoms. The van der Waals surface area contributed by atoms with Gasteiger partial charge in [0.05, 0.1) is 0 Å². The van der Waals surface area contributed by atoms with Crippen molar-refractivity contribution >= 4 is 17.1 Å². The Bertz CT molecular complexity index is 457. The minimum absolute atomic E-state index is 0.683. The highest BCUT2D eigenvalue weighted by molar-refractivity contribution is 7.51. The molecule has 2 atom stereocenters. The molecule has 0 amide bonds. The number of benzene rings is 1. The van der Waals surface area contributed by atoms with Gasteiger partial charge in [-0.3, -0.25) is 0 Å². The van der Waals surface area contributed by atoms with Crippen LogP contribution in [-0.2, 0) is 11.6 Å². The minimum atomic E-state index is -0.750. The second-order valence-corrected chi connectivity index (χ2v) is 4.66. The SMILES string of the molecule is C[C@@H]1C=CC(c2ccccc2)=CC[C@H]1C.O=S=O. The topological polar surface area (TPSA) is 34.1 Å². The third-order valence-corrected chi connectivity index (χ3v) is 3.29. The molecule has 18 heavy (non-hydrogen) atoms. The van der Waals surface area contributed by atoms with Gasteiger partial charge in [-0.2, -0.15) is 8.42 Å². The van der Waals surface area contributed by atoms with Gasteiger partial charge in [-0.25, -0.2) is 0 Å². The monoisotopic (exact) mass is 262 g/mol. The van der Waals surface area contributed by atoms with Gasteiger partial charge in [0.2, 0.25) is 0 Å². The summed E-state index contributed by atoms with van der Waals surface area (Å²) >= 11 is -0.750. The van der Waals surface area contributed by atoms with Crippen molar-refractivity contribution in [2.45, 2.75) is 20.3 Å². The molecular formula is C15H18O2S. The third-order valence-electron chi connectivity index (χ3n) is 3.29. The Hall–Kier alpha value is -1.48. The normalized spacial score (nSPS) is 22.2. The maximum absolute atomic E-state index is 8.29. The van der Waals surface area contributed by atoms with E-state index in [0.717, 1.165) is 5.92 Å². The summed E-state index contributed by atoms with van der Waals surface area (Å²) in [5.74, 6) is 1.44. The summed E-state index contributed by atoms with van der Waals surface area (Å²) in [5, 5.41) is 0. The van der Waals surface area contributed by atoms with Crippen molar-refractivity contribution in [2.75, 3.05) is 0 Å². The molecule has 0 N–H and O–H groups in total. The molecule has 1 aliphatic carbocycles. The molecule has 2 nitrogen and oxygen atoms in total. The van der Waals surface area contributed by atoms with Gasteiger partial charge >= 0.3 is 11.6 Å². The Labute approximate surface area is 112 Å². The van der Waals surface area contributed by atoms with Gasteiger partial charge in [0.15, 0.2) is 0 Å². The highest BCUT2D eigenvalue weighted by Crippen LogP contribution is 2.26. The van der Waals surface area contributed by atoms with Gasteiger partial charge in [0.25, 0.3) is 0 Å². The first-order valence-corrected chi connectivity index (χ1v) is 6.71. The summed E-state index contributed by atoms with van der Waals surface area (Å²) in [7, 11) is 0. The van der Waals surface area contributed by atoms with Crippen molar-refractivity contribution in [3.8, 4) is 0 Å². The summed E-state index contributed by atoms with van der Waals surface area (Å²) in [4.78, 5) is 0. The van der Waals surface area contributed by atoms with Crippen LogP contribution in [0.1, 0.15) is 25.8 Å². The molecule has 96 valence electrons. The van der Waals surface area contributed by atoms with E-state index in [1.54, 1.807) is 0 Å². The predicted molar refractivity (Wildman–Crippen MR) is 75.4 cm³/mol. The van der Waals surface area contributed by atoms with Gasteiger partial charge in [0, 0.05) is 0 Å². The van der Waals surface area contributed by atoms with Crippen molar-refractivity contribution in [2.24, 2.45) is 11.8 Å². The molecule has 0 saturated carbocycles. The van der Waals surface area contributed by atoms with Crippen LogP contribution in [0.3, 0.4) is 0 Å².